The Balaban J connectivity index is 1.36. The van der Waals surface area contributed by atoms with E-state index >= 15 is 0 Å². The highest BCUT2D eigenvalue weighted by Crippen LogP contribution is 2.34. The van der Waals surface area contributed by atoms with Crippen LogP contribution >= 0.6 is 0 Å². The summed E-state index contributed by atoms with van der Waals surface area (Å²) < 4.78 is 10.5. The zero-order valence-electron chi connectivity index (χ0n) is 16.8. The van der Waals surface area contributed by atoms with Gasteiger partial charge in [-0.1, -0.05) is 46.3 Å². The summed E-state index contributed by atoms with van der Waals surface area (Å²) >= 11 is 0. The molecule has 0 radical (unpaired) electrons. The van der Waals surface area contributed by atoms with E-state index in [4.69, 9.17) is 9.26 Å². The van der Waals surface area contributed by atoms with E-state index in [2.05, 4.69) is 20.5 Å². The van der Waals surface area contributed by atoms with Crippen molar-refractivity contribution in [3.8, 4) is 17.1 Å². The van der Waals surface area contributed by atoms with Gasteiger partial charge in [0, 0.05) is 11.6 Å². The van der Waals surface area contributed by atoms with E-state index in [-0.39, 0.29) is 12.4 Å². The minimum absolute atomic E-state index is 0.0640. The molecule has 2 aromatic carbocycles. The van der Waals surface area contributed by atoms with Gasteiger partial charge in [-0.25, -0.2) is 4.90 Å². The van der Waals surface area contributed by atoms with Crippen molar-refractivity contribution in [2.24, 2.45) is 10.3 Å². The van der Waals surface area contributed by atoms with Crippen LogP contribution in [0.15, 0.2) is 63.4 Å². The molecule has 10 nitrogen and oxygen atoms in total. The topological polar surface area (TPSA) is 113 Å². The van der Waals surface area contributed by atoms with Crippen molar-refractivity contribution >= 4 is 17.5 Å². The maximum absolute atomic E-state index is 13.1. The minimum atomic E-state index is -0.904. The monoisotopic (exact) mass is 418 g/mol. The Morgan fingerprint density at radius 2 is 1.90 bits per heavy atom. The summed E-state index contributed by atoms with van der Waals surface area (Å²) in [5.74, 6) is 0.416. The van der Waals surface area contributed by atoms with E-state index in [0.717, 1.165) is 16.0 Å². The Morgan fingerprint density at radius 3 is 2.68 bits per heavy atom. The number of carbonyl (C=O) groups is 2. The quantitative estimate of drug-likeness (QED) is 0.585. The summed E-state index contributed by atoms with van der Waals surface area (Å²) in [5.41, 5.74) is 2.37. The van der Waals surface area contributed by atoms with Gasteiger partial charge in [-0.05, 0) is 19.1 Å². The molecule has 10 heteroatoms. The molecule has 0 unspecified atom stereocenters. The molecule has 1 fully saturated rings. The van der Waals surface area contributed by atoms with Gasteiger partial charge in [0.05, 0.1) is 12.8 Å². The van der Waals surface area contributed by atoms with Gasteiger partial charge in [0.1, 0.15) is 12.3 Å². The Bertz CT molecular complexity index is 1190. The molecule has 0 aliphatic carbocycles. The largest absolute Gasteiger partial charge is 0.497 e. The first-order chi connectivity index (χ1) is 15.0. The predicted molar refractivity (Wildman–Crippen MR) is 108 cm³/mol. The van der Waals surface area contributed by atoms with Crippen LogP contribution in [-0.4, -0.2) is 46.2 Å². The van der Waals surface area contributed by atoms with E-state index in [9.17, 15) is 9.59 Å². The van der Waals surface area contributed by atoms with Gasteiger partial charge in [0.2, 0.25) is 11.7 Å². The van der Waals surface area contributed by atoms with Gasteiger partial charge < -0.3 is 9.26 Å². The lowest BCUT2D eigenvalue weighted by Gasteiger charge is -2.19. The third kappa shape index (κ3) is 3.21. The number of nitrogens with zero attached hydrogens (tertiary/aromatic N) is 6. The lowest BCUT2D eigenvalue weighted by atomic mass is 10.1. The number of rotatable bonds is 5. The number of ether oxygens (including phenoxy) is 1. The molecule has 2 atom stereocenters. The second-order valence-electron chi connectivity index (χ2n) is 7.28. The van der Waals surface area contributed by atoms with Gasteiger partial charge in [-0.15, -0.1) is 0 Å². The van der Waals surface area contributed by atoms with Crippen LogP contribution in [0.2, 0.25) is 0 Å². The number of benzene rings is 2. The van der Waals surface area contributed by atoms with Crippen molar-refractivity contribution in [3.63, 3.8) is 0 Å². The van der Waals surface area contributed by atoms with Crippen LogP contribution in [-0.2, 0) is 16.1 Å². The molecule has 156 valence electrons. The standard InChI is InChI=1S/C21H18N6O4/c1-12-6-8-13(9-7-12)19-22-16(31-24-19)11-26-18-17(23-25-26)20(28)27(21(18)29)14-4-3-5-15(10-14)30-2/h3-10,17-18H,11H2,1-2H3/t17-,18+/m1/s1. The molecule has 0 bridgehead atoms. The molecular formula is C21H18N6O4. The van der Waals surface area contributed by atoms with Gasteiger partial charge in [-0.3, -0.25) is 14.6 Å². The molecule has 3 heterocycles. The third-order valence-electron chi connectivity index (χ3n) is 5.24. The van der Waals surface area contributed by atoms with Crippen LogP contribution in [0.4, 0.5) is 5.69 Å². The first-order valence-corrected chi connectivity index (χ1v) is 9.64. The van der Waals surface area contributed by atoms with Crippen LogP contribution in [0.1, 0.15) is 11.5 Å². The number of fused-ring (bicyclic) bond motifs is 1. The average Bonchev–Trinajstić information content (AvgIpc) is 3.47. The number of aromatic nitrogens is 2. The Kier molecular flexibility index (Phi) is 4.46. The van der Waals surface area contributed by atoms with Crippen molar-refractivity contribution in [1.82, 2.24) is 15.1 Å². The second kappa shape index (κ2) is 7.31. The van der Waals surface area contributed by atoms with E-state index in [1.807, 2.05) is 31.2 Å². The van der Waals surface area contributed by atoms with E-state index in [1.54, 1.807) is 24.3 Å². The van der Waals surface area contributed by atoms with Gasteiger partial charge in [0.25, 0.3) is 11.8 Å². The lowest BCUT2D eigenvalue weighted by Crippen LogP contribution is -2.39. The van der Waals surface area contributed by atoms with Crippen LogP contribution < -0.4 is 9.64 Å². The van der Waals surface area contributed by atoms with Gasteiger partial charge in [0.15, 0.2) is 12.1 Å². The third-order valence-corrected chi connectivity index (χ3v) is 5.24. The highest BCUT2D eigenvalue weighted by molar-refractivity contribution is 6.25. The number of methoxy groups -OCH3 is 1. The fraction of sp³-hybridized carbons (Fsp3) is 0.238. The number of hydrogen-bond acceptors (Lipinski definition) is 9. The number of anilines is 1. The number of aryl methyl sites for hydroxylation is 1. The number of imide groups is 1. The van der Waals surface area contributed by atoms with E-state index in [1.165, 1.54) is 12.1 Å². The summed E-state index contributed by atoms with van der Waals surface area (Å²) in [6.07, 6.45) is 0. The fourth-order valence-corrected chi connectivity index (χ4v) is 3.64. The molecule has 0 spiro atoms. The fourth-order valence-electron chi connectivity index (χ4n) is 3.64. The molecular weight excluding hydrogens is 400 g/mol. The van der Waals surface area contributed by atoms with Gasteiger partial charge >= 0.3 is 0 Å². The highest BCUT2D eigenvalue weighted by atomic mass is 16.5. The zero-order valence-corrected chi connectivity index (χ0v) is 16.8. The smallest absolute Gasteiger partial charge is 0.263 e. The van der Waals surface area contributed by atoms with Crippen LogP contribution in [0.3, 0.4) is 0 Å². The predicted octanol–water partition coefficient (Wildman–Crippen LogP) is 2.55. The van der Waals surface area contributed by atoms with Crippen molar-refractivity contribution in [3.05, 3.63) is 60.0 Å². The molecule has 2 amide bonds. The highest BCUT2D eigenvalue weighted by Gasteiger charge is 2.55. The first-order valence-electron chi connectivity index (χ1n) is 9.64. The molecule has 1 aromatic heterocycles. The Labute approximate surface area is 177 Å². The molecule has 0 N–H and O–H groups in total. The first kappa shape index (κ1) is 18.9. The van der Waals surface area contributed by atoms with Gasteiger partial charge in [-0.2, -0.15) is 10.1 Å². The molecule has 2 aliphatic heterocycles. The molecule has 3 aromatic rings. The summed E-state index contributed by atoms with van der Waals surface area (Å²) in [6, 6.07) is 12.7. The number of hydrogen-bond donors (Lipinski definition) is 0. The normalized spacial score (nSPS) is 19.9. The molecule has 31 heavy (non-hydrogen) atoms. The molecule has 0 saturated carbocycles. The Morgan fingerprint density at radius 1 is 1.10 bits per heavy atom. The Hall–Kier alpha value is -4.08. The summed E-state index contributed by atoms with van der Waals surface area (Å²) in [6.45, 7) is 2.06. The maximum atomic E-state index is 13.1. The van der Waals surface area contributed by atoms with Crippen molar-refractivity contribution in [2.75, 3.05) is 12.0 Å². The summed E-state index contributed by atoms with van der Waals surface area (Å²) in [5, 5.41) is 13.4. The zero-order chi connectivity index (χ0) is 21.5. The van der Waals surface area contributed by atoms with Crippen molar-refractivity contribution in [2.45, 2.75) is 25.6 Å². The molecule has 5 rings (SSSR count). The van der Waals surface area contributed by atoms with Crippen LogP contribution in [0.25, 0.3) is 11.4 Å². The minimum Gasteiger partial charge on any atom is -0.497 e. The summed E-state index contributed by atoms with van der Waals surface area (Å²) in [4.78, 5) is 31.4. The van der Waals surface area contributed by atoms with Crippen molar-refractivity contribution < 1.29 is 18.8 Å². The maximum Gasteiger partial charge on any atom is 0.263 e. The number of carbonyl (C=O) groups excluding carboxylic acids is 2. The van der Waals surface area contributed by atoms with E-state index in [0.29, 0.717) is 17.3 Å². The van der Waals surface area contributed by atoms with Crippen LogP contribution in [0, 0.1) is 6.92 Å². The van der Waals surface area contributed by atoms with Crippen LogP contribution in [0.5, 0.6) is 5.75 Å². The SMILES string of the molecule is COc1cccc(N2C(=O)[C@@H]3[C@@H](N=NN3Cc3nc(-c4ccc(C)cc4)no3)C2=O)c1. The van der Waals surface area contributed by atoms with E-state index < -0.39 is 23.9 Å². The van der Waals surface area contributed by atoms with Crippen molar-refractivity contribution in [1.29, 1.82) is 0 Å². The molecule has 2 aliphatic rings. The average molecular weight is 418 g/mol. The lowest BCUT2D eigenvalue weighted by molar-refractivity contribution is -0.123. The molecule has 1 saturated heterocycles. The number of amides is 2. The second-order valence-corrected chi connectivity index (χ2v) is 7.28. The summed E-state index contributed by atoms with van der Waals surface area (Å²) in [7, 11) is 1.52.